The van der Waals surface area contributed by atoms with Crippen molar-refractivity contribution in [3.8, 4) is 0 Å². The number of amides is 2. The van der Waals surface area contributed by atoms with Crippen molar-refractivity contribution in [1.29, 1.82) is 0 Å². The minimum Gasteiger partial charge on any atom is -1.00 e. The van der Waals surface area contributed by atoms with Crippen molar-refractivity contribution >= 4 is 17.6 Å². The van der Waals surface area contributed by atoms with Gasteiger partial charge in [0.1, 0.15) is 29.0 Å². The maximum absolute atomic E-state index is 13.8. The van der Waals surface area contributed by atoms with E-state index in [1.165, 1.54) is 22.8 Å². The number of halogens is 2. The molecule has 0 radical (unpaired) electrons. The van der Waals surface area contributed by atoms with Crippen molar-refractivity contribution in [1.82, 2.24) is 15.1 Å². The summed E-state index contributed by atoms with van der Waals surface area (Å²) < 4.78 is 32.3. The zero-order valence-electron chi connectivity index (χ0n) is 17.6. The molecule has 0 aromatic heterocycles. The Bertz CT molecular complexity index is 962. The zero-order valence-corrected chi connectivity index (χ0v) is 18.6. The Morgan fingerprint density at radius 2 is 2.13 bits per heavy atom. The third-order valence-corrected chi connectivity index (χ3v) is 5.55. The van der Waals surface area contributed by atoms with Crippen LogP contribution in [0, 0.1) is 17.0 Å². The molecule has 4 rings (SSSR count). The molecule has 1 unspecified atom stereocenters. The molecule has 3 aliphatic heterocycles. The van der Waals surface area contributed by atoms with Crippen LogP contribution in [0.2, 0.25) is 0 Å². The topological polar surface area (TPSA) is 99.2 Å². The molecule has 0 bridgehead atoms. The van der Waals surface area contributed by atoms with Crippen molar-refractivity contribution in [3.05, 3.63) is 46.9 Å². The number of aliphatic hydroxyl groups excluding tert-OH is 1. The zero-order chi connectivity index (χ0) is 20.9. The van der Waals surface area contributed by atoms with E-state index in [1.807, 2.05) is 0 Å². The predicted molar refractivity (Wildman–Crippen MR) is 95.1 cm³/mol. The van der Waals surface area contributed by atoms with E-state index in [1.54, 1.807) is 0 Å². The molecular weight excluding hydrogens is 411 g/mol. The number of benzene rings is 1. The van der Waals surface area contributed by atoms with Crippen LogP contribution in [-0.2, 0) is 25.7 Å². The smallest absolute Gasteiger partial charge is 1.00 e. The van der Waals surface area contributed by atoms with Gasteiger partial charge in [-0.15, -0.1) is 0 Å². The van der Waals surface area contributed by atoms with Crippen molar-refractivity contribution in [3.63, 3.8) is 0 Å². The Labute approximate surface area is 194 Å². The van der Waals surface area contributed by atoms with E-state index in [2.05, 4.69) is 5.32 Å². The Hall–Kier alpha value is -2.01. The first-order valence-electron chi connectivity index (χ1n) is 9.10. The van der Waals surface area contributed by atoms with Gasteiger partial charge in [0, 0.05) is 31.3 Å². The number of nitrogens with one attached hydrogen (secondary N) is 1. The van der Waals surface area contributed by atoms with Gasteiger partial charge in [0.25, 0.3) is 5.91 Å². The fourth-order valence-electron chi connectivity index (χ4n) is 3.88. The number of hydrogen-bond acceptors (Lipinski definition) is 6. The summed E-state index contributed by atoms with van der Waals surface area (Å²) in [6.45, 7) is 1.89. The molecule has 2 amide bonds. The monoisotopic (exact) mass is 431 g/mol. The molecule has 2 atom stereocenters. The molecule has 2 N–H and O–H groups in total. The summed E-state index contributed by atoms with van der Waals surface area (Å²) in [5.41, 5.74) is -1.77. The van der Waals surface area contributed by atoms with Gasteiger partial charge in [-0.2, -0.15) is 0 Å². The second-order valence-electron chi connectivity index (χ2n) is 7.48. The van der Waals surface area contributed by atoms with Crippen LogP contribution in [0.5, 0.6) is 0 Å². The molecule has 11 heteroatoms. The van der Waals surface area contributed by atoms with Crippen LogP contribution < -0.4 is 34.9 Å². The number of hydrogen-bond donors (Lipinski definition) is 2. The van der Waals surface area contributed by atoms with Gasteiger partial charge in [0.05, 0.1) is 13.2 Å². The van der Waals surface area contributed by atoms with Crippen LogP contribution in [0.15, 0.2) is 29.7 Å². The van der Waals surface area contributed by atoms with Crippen LogP contribution in [0.25, 0.3) is 0 Å². The quantitative estimate of drug-likeness (QED) is 0.408. The average molecular weight is 431 g/mol. The van der Waals surface area contributed by atoms with Crippen molar-refractivity contribution in [2.24, 2.45) is 5.41 Å². The van der Waals surface area contributed by atoms with E-state index in [9.17, 15) is 28.3 Å². The first-order chi connectivity index (χ1) is 13.7. The maximum Gasteiger partial charge on any atom is 1.00 e. The first-order valence-corrected chi connectivity index (χ1v) is 9.10. The molecule has 8 nitrogen and oxygen atoms in total. The summed E-state index contributed by atoms with van der Waals surface area (Å²) in [7, 11) is 0. The van der Waals surface area contributed by atoms with Crippen molar-refractivity contribution < 1.29 is 64.0 Å². The molecule has 156 valence electrons. The van der Waals surface area contributed by atoms with Crippen LogP contribution in [0.4, 0.5) is 8.78 Å². The fourth-order valence-corrected chi connectivity index (χ4v) is 3.88. The molecule has 3 heterocycles. The standard InChI is InChI=1S/C19H19F2N3O5.Na.H/c1-19(18(28)22-7-10-2-3-11(20)6-12(10)21)9-23-8-13-24(4-5-29-13)17(27)14(23)15(25)16(19)26;;/h2-3,6,13,25H,4-5,7-9H2,1H3,(H,22,28);;/q;+1;-1/t13-,19?;;/m0../s1. The van der Waals surface area contributed by atoms with Crippen molar-refractivity contribution in [2.75, 3.05) is 26.2 Å². The summed E-state index contributed by atoms with van der Waals surface area (Å²) in [5.74, 6) is -4.47. The van der Waals surface area contributed by atoms with Gasteiger partial charge >= 0.3 is 29.6 Å². The number of nitrogens with zero attached hydrogens (tertiary/aromatic N) is 2. The number of fused-ring (bicyclic) bond motifs is 2. The minimum absolute atomic E-state index is 0. The van der Waals surface area contributed by atoms with Crippen LogP contribution in [0.1, 0.15) is 13.9 Å². The van der Waals surface area contributed by atoms with E-state index in [0.29, 0.717) is 19.2 Å². The molecule has 0 aliphatic carbocycles. The third kappa shape index (κ3) is 3.62. The Morgan fingerprint density at radius 1 is 1.40 bits per heavy atom. The number of rotatable bonds is 3. The molecule has 0 spiro atoms. The normalized spacial score (nSPS) is 25.6. The van der Waals surface area contributed by atoms with E-state index in [-0.39, 0.29) is 61.9 Å². The number of carbonyl (C=O) groups excluding carboxylic acids is 3. The van der Waals surface area contributed by atoms with E-state index in [0.717, 1.165) is 6.07 Å². The summed E-state index contributed by atoms with van der Waals surface area (Å²) in [5, 5.41) is 12.9. The number of ether oxygens (including phenoxy) is 1. The summed E-state index contributed by atoms with van der Waals surface area (Å²) in [6, 6.07) is 2.95. The van der Waals surface area contributed by atoms with E-state index >= 15 is 0 Å². The number of ketones is 1. The predicted octanol–water partition coefficient (Wildman–Crippen LogP) is -2.44. The van der Waals surface area contributed by atoms with Gasteiger partial charge in [-0.1, -0.05) is 6.07 Å². The average Bonchev–Trinajstić information content (AvgIpc) is 3.14. The Balaban J connectivity index is 0.00000171. The molecule has 30 heavy (non-hydrogen) atoms. The molecule has 0 saturated carbocycles. The van der Waals surface area contributed by atoms with Crippen LogP contribution in [0.3, 0.4) is 0 Å². The third-order valence-electron chi connectivity index (χ3n) is 5.55. The van der Waals surface area contributed by atoms with Gasteiger partial charge in [0.2, 0.25) is 11.7 Å². The molecular formula is C19H20F2N3NaO5. The van der Waals surface area contributed by atoms with Crippen molar-refractivity contribution in [2.45, 2.75) is 19.7 Å². The second-order valence-corrected chi connectivity index (χ2v) is 7.48. The molecule has 3 aliphatic rings. The minimum atomic E-state index is -1.69. The number of Topliss-reactive ketones (excluding diaryl/α,β-unsaturated/α-hetero) is 1. The molecule has 2 saturated heterocycles. The number of piperazine rings is 1. The molecule has 2 fully saturated rings. The summed E-state index contributed by atoms with van der Waals surface area (Å²) >= 11 is 0. The van der Waals surface area contributed by atoms with Crippen LogP contribution >= 0.6 is 0 Å². The largest absolute Gasteiger partial charge is 1.00 e. The van der Waals surface area contributed by atoms with Crippen LogP contribution in [-0.4, -0.2) is 65.0 Å². The van der Waals surface area contributed by atoms with Gasteiger partial charge in [0.15, 0.2) is 5.76 Å². The Kier molecular flexibility index (Phi) is 6.24. The number of aliphatic hydroxyl groups is 1. The Morgan fingerprint density at radius 3 is 2.83 bits per heavy atom. The fraction of sp³-hybridized carbons (Fsp3) is 0.421. The van der Waals surface area contributed by atoms with E-state index in [4.69, 9.17) is 4.74 Å². The molecule has 1 aromatic rings. The maximum atomic E-state index is 13.8. The summed E-state index contributed by atoms with van der Waals surface area (Å²) in [6.07, 6.45) is -0.507. The van der Waals surface area contributed by atoms with Gasteiger partial charge in [-0.3, -0.25) is 14.4 Å². The van der Waals surface area contributed by atoms with Gasteiger partial charge in [-0.05, 0) is 13.0 Å². The number of carbonyl (C=O) groups is 3. The first kappa shape index (κ1) is 22.7. The van der Waals surface area contributed by atoms with E-state index < -0.39 is 46.6 Å². The van der Waals surface area contributed by atoms with Gasteiger partial charge < -0.3 is 26.4 Å². The van der Waals surface area contributed by atoms with Gasteiger partial charge in [-0.25, -0.2) is 8.78 Å². The number of allylic oxidation sites excluding steroid dienone is 1. The SMILES string of the molecule is CC1(C(=O)NCc2ccc(F)cc2F)CN2C[C@@H]3OCCN3C(=O)C2=C(O)C1=O.[H-].[Na+]. The molecule has 1 aromatic carbocycles. The second kappa shape index (κ2) is 8.26. The summed E-state index contributed by atoms with van der Waals surface area (Å²) in [4.78, 5) is 41.1.